The lowest BCUT2D eigenvalue weighted by Gasteiger charge is -2.35. The van der Waals surface area contributed by atoms with Crippen molar-refractivity contribution in [3.8, 4) is 0 Å². The monoisotopic (exact) mass is 304 g/mol. The predicted octanol–water partition coefficient (Wildman–Crippen LogP) is 1.66. The lowest BCUT2D eigenvalue weighted by molar-refractivity contribution is -0.141. The van der Waals surface area contributed by atoms with Gasteiger partial charge in [0.15, 0.2) is 0 Å². The van der Waals surface area contributed by atoms with Gasteiger partial charge in [0, 0.05) is 24.9 Å². The molecule has 0 spiro atoms. The molecule has 1 fully saturated rings. The van der Waals surface area contributed by atoms with Gasteiger partial charge in [-0.1, -0.05) is 0 Å². The number of halogens is 3. The first-order valence-corrected chi connectivity index (χ1v) is 6.94. The van der Waals surface area contributed by atoms with Gasteiger partial charge in [0.1, 0.15) is 12.4 Å². The first-order valence-electron chi connectivity index (χ1n) is 6.94. The summed E-state index contributed by atoms with van der Waals surface area (Å²) in [6, 6.07) is -0.579. The van der Waals surface area contributed by atoms with Crippen LogP contribution in [0.2, 0.25) is 0 Å². The fourth-order valence-corrected chi connectivity index (χ4v) is 2.58. The largest absolute Gasteiger partial charge is 0.405 e. The van der Waals surface area contributed by atoms with Crippen molar-refractivity contribution in [3.05, 3.63) is 18.2 Å². The topological polar surface area (TPSA) is 61.0 Å². The molecule has 0 aromatic carbocycles. The number of carbonyl (C=O) groups is 1. The molecule has 8 heteroatoms. The highest BCUT2D eigenvalue weighted by atomic mass is 19.4. The Morgan fingerprint density at radius 3 is 3.00 bits per heavy atom. The van der Waals surface area contributed by atoms with Gasteiger partial charge in [0.25, 0.3) is 0 Å². The zero-order chi connectivity index (χ0) is 15.5. The standard InChI is InChI=1S/C13H19F3N4O/c1-9(12(21)19-8-13(14,15)16)20-6-2-3-10(7-20)11-17-4-5-18-11/h4-5,9-10H,2-3,6-8H2,1H3,(H,17,18)(H,19,21)/t9-,10+/m1/s1. The highest BCUT2D eigenvalue weighted by molar-refractivity contribution is 5.81. The van der Waals surface area contributed by atoms with Crippen molar-refractivity contribution in [3.63, 3.8) is 0 Å². The maximum absolute atomic E-state index is 12.1. The Balaban J connectivity index is 1.89. The molecular weight excluding hydrogens is 285 g/mol. The number of amides is 1. The summed E-state index contributed by atoms with van der Waals surface area (Å²) in [6.07, 6.45) is 0.888. The third-order valence-electron chi connectivity index (χ3n) is 3.75. The minimum atomic E-state index is -4.38. The zero-order valence-corrected chi connectivity index (χ0v) is 11.8. The van der Waals surface area contributed by atoms with E-state index in [9.17, 15) is 18.0 Å². The van der Waals surface area contributed by atoms with Gasteiger partial charge in [-0.25, -0.2) is 4.98 Å². The second-order valence-electron chi connectivity index (χ2n) is 5.32. The van der Waals surface area contributed by atoms with Gasteiger partial charge < -0.3 is 10.3 Å². The Kier molecular flexibility index (Phi) is 4.87. The van der Waals surface area contributed by atoms with Crippen molar-refractivity contribution in [1.82, 2.24) is 20.2 Å². The Hall–Kier alpha value is -1.57. The quantitative estimate of drug-likeness (QED) is 0.889. The third-order valence-corrected chi connectivity index (χ3v) is 3.75. The van der Waals surface area contributed by atoms with E-state index in [1.165, 1.54) is 0 Å². The second-order valence-corrected chi connectivity index (χ2v) is 5.32. The summed E-state index contributed by atoms with van der Waals surface area (Å²) in [4.78, 5) is 21.0. The molecule has 1 amide bonds. The number of nitrogens with zero attached hydrogens (tertiary/aromatic N) is 2. The Morgan fingerprint density at radius 1 is 1.62 bits per heavy atom. The van der Waals surface area contributed by atoms with Gasteiger partial charge in [-0.2, -0.15) is 13.2 Å². The normalized spacial score (nSPS) is 22.0. The van der Waals surface area contributed by atoms with Crippen molar-refractivity contribution in [2.45, 2.75) is 37.9 Å². The summed E-state index contributed by atoms with van der Waals surface area (Å²) in [5.41, 5.74) is 0. The number of rotatable bonds is 4. The number of aromatic amines is 1. The number of nitrogens with one attached hydrogen (secondary N) is 2. The molecular formula is C13H19F3N4O. The van der Waals surface area contributed by atoms with Crippen LogP contribution in [0.4, 0.5) is 13.2 Å². The van der Waals surface area contributed by atoms with E-state index < -0.39 is 24.7 Å². The van der Waals surface area contributed by atoms with E-state index in [1.54, 1.807) is 19.3 Å². The number of piperidine rings is 1. The van der Waals surface area contributed by atoms with Crippen LogP contribution in [0.15, 0.2) is 12.4 Å². The number of hydrogen-bond acceptors (Lipinski definition) is 3. The molecule has 1 aromatic heterocycles. The molecule has 1 saturated heterocycles. The third kappa shape index (κ3) is 4.45. The number of carbonyl (C=O) groups excluding carboxylic acids is 1. The Labute approximate surface area is 120 Å². The number of alkyl halides is 3. The number of likely N-dealkylation sites (tertiary alicyclic amines) is 1. The van der Waals surface area contributed by atoms with E-state index in [0.717, 1.165) is 18.7 Å². The van der Waals surface area contributed by atoms with E-state index in [2.05, 4.69) is 9.97 Å². The molecule has 21 heavy (non-hydrogen) atoms. The van der Waals surface area contributed by atoms with Crippen molar-refractivity contribution < 1.29 is 18.0 Å². The van der Waals surface area contributed by atoms with Crippen LogP contribution >= 0.6 is 0 Å². The molecule has 0 unspecified atom stereocenters. The van der Waals surface area contributed by atoms with Crippen LogP contribution in [0, 0.1) is 0 Å². The lowest BCUT2D eigenvalue weighted by Crippen LogP contribution is -2.50. The molecule has 0 bridgehead atoms. The predicted molar refractivity (Wildman–Crippen MR) is 70.7 cm³/mol. The molecule has 2 atom stereocenters. The van der Waals surface area contributed by atoms with Crippen molar-refractivity contribution in [1.29, 1.82) is 0 Å². The van der Waals surface area contributed by atoms with Gasteiger partial charge >= 0.3 is 6.18 Å². The second kappa shape index (κ2) is 6.46. The summed E-state index contributed by atoms with van der Waals surface area (Å²) < 4.78 is 36.4. The highest BCUT2D eigenvalue weighted by Gasteiger charge is 2.32. The Morgan fingerprint density at radius 2 is 2.38 bits per heavy atom. The molecule has 1 aliphatic heterocycles. The lowest BCUT2D eigenvalue weighted by atomic mass is 9.96. The van der Waals surface area contributed by atoms with E-state index in [1.807, 2.05) is 10.2 Å². The molecule has 0 aliphatic carbocycles. The minimum Gasteiger partial charge on any atom is -0.348 e. The molecule has 2 N–H and O–H groups in total. The van der Waals surface area contributed by atoms with Crippen LogP contribution in [0.3, 0.4) is 0 Å². The van der Waals surface area contributed by atoms with Crippen molar-refractivity contribution in [2.75, 3.05) is 19.6 Å². The summed E-state index contributed by atoms with van der Waals surface area (Å²) in [5.74, 6) is 0.460. The van der Waals surface area contributed by atoms with Gasteiger partial charge in [-0.15, -0.1) is 0 Å². The summed E-state index contributed by atoms with van der Waals surface area (Å²) in [5, 5.41) is 1.94. The maximum Gasteiger partial charge on any atom is 0.405 e. The molecule has 0 saturated carbocycles. The fourth-order valence-electron chi connectivity index (χ4n) is 2.58. The summed E-state index contributed by atoms with van der Waals surface area (Å²) >= 11 is 0. The smallest absolute Gasteiger partial charge is 0.348 e. The molecule has 1 aliphatic rings. The molecule has 5 nitrogen and oxygen atoms in total. The minimum absolute atomic E-state index is 0.187. The fraction of sp³-hybridized carbons (Fsp3) is 0.692. The van der Waals surface area contributed by atoms with E-state index in [4.69, 9.17) is 0 Å². The van der Waals surface area contributed by atoms with Gasteiger partial charge in [-0.05, 0) is 26.3 Å². The van der Waals surface area contributed by atoms with Gasteiger partial charge in [0.2, 0.25) is 5.91 Å². The van der Waals surface area contributed by atoms with Crippen LogP contribution in [0.5, 0.6) is 0 Å². The molecule has 2 rings (SSSR count). The van der Waals surface area contributed by atoms with E-state index in [-0.39, 0.29) is 5.92 Å². The van der Waals surface area contributed by atoms with Crippen LogP contribution in [-0.4, -0.2) is 52.6 Å². The number of aromatic nitrogens is 2. The number of H-pyrrole nitrogens is 1. The number of imidazole rings is 1. The molecule has 2 heterocycles. The number of hydrogen-bond donors (Lipinski definition) is 2. The van der Waals surface area contributed by atoms with Crippen molar-refractivity contribution >= 4 is 5.91 Å². The average molecular weight is 304 g/mol. The highest BCUT2D eigenvalue weighted by Crippen LogP contribution is 2.25. The average Bonchev–Trinajstić information content (AvgIpc) is 2.97. The molecule has 1 aromatic rings. The summed E-state index contributed by atoms with van der Waals surface area (Å²) in [6.45, 7) is 1.67. The van der Waals surface area contributed by atoms with E-state index >= 15 is 0 Å². The Bertz CT molecular complexity index is 460. The molecule has 0 radical (unpaired) electrons. The van der Waals surface area contributed by atoms with E-state index in [0.29, 0.717) is 13.1 Å². The first kappa shape index (κ1) is 15.8. The van der Waals surface area contributed by atoms with Gasteiger partial charge in [0.05, 0.1) is 6.04 Å². The first-order chi connectivity index (χ1) is 9.87. The maximum atomic E-state index is 12.1. The van der Waals surface area contributed by atoms with Crippen LogP contribution < -0.4 is 5.32 Å². The summed E-state index contributed by atoms with van der Waals surface area (Å²) in [7, 11) is 0. The van der Waals surface area contributed by atoms with Crippen LogP contribution in [0.25, 0.3) is 0 Å². The van der Waals surface area contributed by atoms with Crippen LogP contribution in [-0.2, 0) is 4.79 Å². The van der Waals surface area contributed by atoms with Crippen molar-refractivity contribution in [2.24, 2.45) is 0 Å². The molecule has 118 valence electrons. The van der Waals surface area contributed by atoms with Crippen LogP contribution in [0.1, 0.15) is 31.5 Å². The van der Waals surface area contributed by atoms with Gasteiger partial charge in [-0.3, -0.25) is 9.69 Å². The SMILES string of the molecule is C[C@H](C(=O)NCC(F)(F)F)N1CCC[C@H](c2ncc[nH]2)C1. The zero-order valence-electron chi connectivity index (χ0n) is 11.8.